The number of nitriles is 1. The van der Waals surface area contributed by atoms with Gasteiger partial charge in [0.15, 0.2) is 0 Å². The molecule has 0 fully saturated rings. The minimum Gasteiger partial charge on any atom is -0.207 e. The molecule has 0 aliphatic heterocycles. The number of hydrogen-bond acceptors (Lipinski definition) is 1. The lowest BCUT2D eigenvalue weighted by molar-refractivity contribution is 0.756. The molecular formula is C10H8FN. The van der Waals surface area contributed by atoms with Gasteiger partial charge >= 0.3 is 0 Å². The van der Waals surface area contributed by atoms with Crippen LogP contribution in [-0.2, 0) is 0 Å². The van der Waals surface area contributed by atoms with Crippen molar-refractivity contribution in [3.8, 4) is 6.07 Å². The van der Waals surface area contributed by atoms with E-state index in [9.17, 15) is 4.39 Å². The van der Waals surface area contributed by atoms with Gasteiger partial charge in [-0.25, -0.2) is 4.39 Å². The number of halogens is 1. The molecule has 0 aliphatic rings. The van der Waals surface area contributed by atoms with E-state index in [-0.39, 0.29) is 12.2 Å². The lowest BCUT2D eigenvalue weighted by Crippen LogP contribution is -1.75. The van der Waals surface area contributed by atoms with Crippen LogP contribution in [0.3, 0.4) is 0 Å². The van der Waals surface area contributed by atoms with Crippen molar-refractivity contribution in [3.05, 3.63) is 42.0 Å². The van der Waals surface area contributed by atoms with Crippen molar-refractivity contribution in [3.63, 3.8) is 0 Å². The van der Waals surface area contributed by atoms with E-state index < -0.39 is 0 Å². The minimum absolute atomic E-state index is 0.112. The van der Waals surface area contributed by atoms with Crippen LogP contribution >= 0.6 is 0 Å². The molecule has 0 amide bonds. The van der Waals surface area contributed by atoms with E-state index in [2.05, 4.69) is 0 Å². The second-order valence-electron chi connectivity index (χ2n) is 2.28. The van der Waals surface area contributed by atoms with Gasteiger partial charge in [-0.05, 0) is 6.08 Å². The van der Waals surface area contributed by atoms with Crippen molar-refractivity contribution in [1.82, 2.24) is 0 Å². The molecule has 0 aromatic heterocycles. The molecule has 0 heterocycles. The Kier molecular flexibility index (Phi) is 3.04. The van der Waals surface area contributed by atoms with Crippen LogP contribution in [0.25, 0.3) is 5.83 Å². The number of rotatable bonds is 2. The fourth-order valence-corrected chi connectivity index (χ4v) is 0.850. The van der Waals surface area contributed by atoms with E-state index >= 15 is 0 Å². The van der Waals surface area contributed by atoms with Crippen LogP contribution < -0.4 is 0 Å². The maximum absolute atomic E-state index is 13.0. The summed E-state index contributed by atoms with van der Waals surface area (Å²) < 4.78 is 13.0. The van der Waals surface area contributed by atoms with E-state index in [4.69, 9.17) is 5.26 Å². The van der Waals surface area contributed by atoms with Crippen molar-refractivity contribution in [2.24, 2.45) is 0 Å². The summed E-state index contributed by atoms with van der Waals surface area (Å²) in [5, 5.41) is 8.20. The molecule has 0 spiro atoms. The highest BCUT2D eigenvalue weighted by Gasteiger charge is 1.95. The molecule has 0 saturated carbocycles. The van der Waals surface area contributed by atoms with E-state index in [0.717, 1.165) is 0 Å². The molecule has 0 bridgehead atoms. The highest BCUT2D eigenvalue weighted by Crippen LogP contribution is 2.14. The summed E-state index contributed by atoms with van der Waals surface area (Å²) in [6, 6.07) is 10.5. The summed E-state index contributed by atoms with van der Waals surface area (Å²) in [5.74, 6) is -0.336. The normalized spacial score (nSPS) is 10.8. The fraction of sp³-hybridized carbons (Fsp3) is 0.100. The second-order valence-corrected chi connectivity index (χ2v) is 2.28. The van der Waals surface area contributed by atoms with Gasteiger partial charge in [-0.3, -0.25) is 0 Å². The molecule has 0 radical (unpaired) electrons. The van der Waals surface area contributed by atoms with E-state index in [0.29, 0.717) is 5.56 Å². The smallest absolute Gasteiger partial charge is 0.127 e. The van der Waals surface area contributed by atoms with Crippen LogP contribution in [0.15, 0.2) is 36.4 Å². The maximum Gasteiger partial charge on any atom is 0.127 e. The average molecular weight is 161 g/mol. The minimum atomic E-state index is -0.336. The molecule has 0 aliphatic carbocycles. The first-order valence-corrected chi connectivity index (χ1v) is 3.62. The lowest BCUT2D eigenvalue weighted by Gasteiger charge is -1.94. The third kappa shape index (κ3) is 2.21. The SMILES string of the molecule is N#CCC=C(F)c1ccccc1. The monoisotopic (exact) mass is 161 g/mol. The zero-order chi connectivity index (χ0) is 8.81. The van der Waals surface area contributed by atoms with Gasteiger partial charge in [0.25, 0.3) is 0 Å². The maximum atomic E-state index is 13.0. The molecule has 1 rings (SSSR count). The highest BCUT2D eigenvalue weighted by atomic mass is 19.1. The predicted octanol–water partition coefficient (Wildman–Crippen LogP) is 2.91. The lowest BCUT2D eigenvalue weighted by atomic mass is 10.2. The molecule has 0 N–H and O–H groups in total. The van der Waals surface area contributed by atoms with E-state index in [1.807, 2.05) is 12.1 Å². The number of benzene rings is 1. The molecule has 1 aromatic carbocycles. The quantitative estimate of drug-likeness (QED) is 0.654. The topological polar surface area (TPSA) is 23.8 Å². The molecule has 0 atom stereocenters. The zero-order valence-corrected chi connectivity index (χ0v) is 6.50. The summed E-state index contributed by atoms with van der Waals surface area (Å²) in [6.07, 6.45) is 1.38. The average Bonchev–Trinajstić information content (AvgIpc) is 2.15. The summed E-state index contributed by atoms with van der Waals surface area (Å²) in [7, 11) is 0. The first kappa shape index (κ1) is 8.48. The van der Waals surface area contributed by atoms with Gasteiger partial charge in [0.2, 0.25) is 0 Å². The molecule has 60 valence electrons. The van der Waals surface area contributed by atoms with Gasteiger partial charge < -0.3 is 0 Å². The van der Waals surface area contributed by atoms with Gasteiger partial charge in [-0.15, -0.1) is 0 Å². The Morgan fingerprint density at radius 1 is 1.42 bits per heavy atom. The third-order valence-electron chi connectivity index (χ3n) is 1.42. The number of hydrogen-bond donors (Lipinski definition) is 0. The van der Waals surface area contributed by atoms with Crippen LogP contribution in [-0.4, -0.2) is 0 Å². The Hall–Kier alpha value is -1.62. The van der Waals surface area contributed by atoms with E-state index in [1.165, 1.54) is 6.08 Å². The molecule has 1 aromatic rings. The van der Waals surface area contributed by atoms with Gasteiger partial charge in [0.1, 0.15) is 5.83 Å². The first-order valence-electron chi connectivity index (χ1n) is 3.62. The largest absolute Gasteiger partial charge is 0.207 e. The predicted molar refractivity (Wildman–Crippen MR) is 45.8 cm³/mol. The zero-order valence-electron chi connectivity index (χ0n) is 6.50. The van der Waals surface area contributed by atoms with E-state index in [1.54, 1.807) is 24.3 Å². The Labute approximate surface area is 70.8 Å². The Balaban J connectivity index is 2.79. The second kappa shape index (κ2) is 4.30. The molecule has 0 unspecified atom stereocenters. The summed E-state index contributed by atoms with van der Waals surface area (Å²) in [5.41, 5.74) is 0.521. The molecule has 0 saturated heterocycles. The standard InChI is InChI=1S/C10H8FN/c11-10(7-4-8-12)9-5-2-1-3-6-9/h1-3,5-7H,4H2. The summed E-state index contributed by atoms with van der Waals surface area (Å²) in [4.78, 5) is 0. The molecular weight excluding hydrogens is 153 g/mol. The van der Waals surface area contributed by atoms with Gasteiger partial charge in [0, 0.05) is 5.56 Å². The number of allylic oxidation sites excluding steroid dienone is 1. The third-order valence-corrected chi connectivity index (χ3v) is 1.42. The first-order chi connectivity index (χ1) is 5.84. The van der Waals surface area contributed by atoms with Gasteiger partial charge in [0.05, 0.1) is 12.5 Å². The fourth-order valence-electron chi connectivity index (χ4n) is 0.850. The molecule has 1 nitrogen and oxygen atoms in total. The van der Waals surface area contributed by atoms with Gasteiger partial charge in [-0.1, -0.05) is 30.3 Å². The Morgan fingerprint density at radius 2 is 2.08 bits per heavy atom. The van der Waals surface area contributed by atoms with Crippen LogP contribution in [0.1, 0.15) is 12.0 Å². The number of nitrogens with zero attached hydrogens (tertiary/aromatic N) is 1. The summed E-state index contributed by atoms with van der Waals surface area (Å²) in [6.45, 7) is 0. The van der Waals surface area contributed by atoms with Crippen molar-refractivity contribution in [2.75, 3.05) is 0 Å². The van der Waals surface area contributed by atoms with Crippen LogP contribution in [0, 0.1) is 11.3 Å². The van der Waals surface area contributed by atoms with Crippen LogP contribution in [0.2, 0.25) is 0 Å². The molecule has 2 heteroatoms. The molecule has 12 heavy (non-hydrogen) atoms. The van der Waals surface area contributed by atoms with Crippen molar-refractivity contribution in [1.29, 1.82) is 5.26 Å². The van der Waals surface area contributed by atoms with Crippen molar-refractivity contribution in [2.45, 2.75) is 6.42 Å². The van der Waals surface area contributed by atoms with Gasteiger partial charge in [-0.2, -0.15) is 5.26 Å². The Morgan fingerprint density at radius 3 is 2.67 bits per heavy atom. The van der Waals surface area contributed by atoms with Crippen molar-refractivity contribution >= 4 is 5.83 Å². The van der Waals surface area contributed by atoms with Crippen molar-refractivity contribution < 1.29 is 4.39 Å². The Bertz CT molecular complexity index is 308. The van der Waals surface area contributed by atoms with Crippen LogP contribution in [0.4, 0.5) is 4.39 Å². The van der Waals surface area contributed by atoms with Crippen LogP contribution in [0.5, 0.6) is 0 Å². The highest BCUT2D eigenvalue weighted by molar-refractivity contribution is 5.58. The summed E-state index contributed by atoms with van der Waals surface area (Å²) >= 11 is 0.